The molecule has 2 heterocycles. The fourth-order valence-corrected chi connectivity index (χ4v) is 3.69. The van der Waals surface area contributed by atoms with Crippen LogP contribution in [0.5, 0.6) is 0 Å². The van der Waals surface area contributed by atoms with Gasteiger partial charge in [0, 0.05) is 61.1 Å². The first-order valence-electron chi connectivity index (χ1n) is 10.0. The summed E-state index contributed by atoms with van der Waals surface area (Å²) < 4.78 is 7.51. The maximum atomic E-state index is 12.6. The summed E-state index contributed by atoms with van der Waals surface area (Å²) in [4.78, 5) is 35.5. The minimum Gasteiger partial charge on any atom is -0.379 e. The Hall–Kier alpha value is -3.83. The lowest BCUT2D eigenvalue weighted by Crippen LogP contribution is -2.38. The first-order valence-corrected chi connectivity index (χ1v) is 10.0. The normalized spacial score (nSPS) is 14.4. The van der Waals surface area contributed by atoms with Crippen LogP contribution in [0.4, 0.5) is 17.1 Å². The molecule has 0 radical (unpaired) electrons. The van der Waals surface area contributed by atoms with E-state index in [9.17, 15) is 25.0 Å². The third kappa shape index (κ3) is 4.74. The molecule has 166 valence electrons. The first kappa shape index (κ1) is 21.4. The quantitative estimate of drug-likeness (QED) is 0.442. The van der Waals surface area contributed by atoms with E-state index in [2.05, 4.69) is 14.8 Å². The third-order valence-corrected chi connectivity index (χ3v) is 5.38. The molecule has 1 saturated heterocycles. The van der Waals surface area contributed by atoms with Crippen LogP contribution in [-0.2, 0) is 11.3 Å². The van der Waals surface area contributed by atoms with E-state index in [0.717, 1.165) is 68.5 Å². The molecule has 1 amide bonds. The van der Waals surface area contributed by atoms with Gasteiger partial charge in [0.1, 0.15) is 0 Å². The van der Waals surface area contributed by atoms with Gasteiger partial charge in [-0.3, -0.25) is 29.9 Å². The molecule has 1 aliphatic rings. The molecule has 1 aliphatic heterocycles. The molecule has 1 fully saturated rings. The summed E-state index contributed by atoms with van der Waals surface area (Å²) in [5.74, 6) is -0.664. The highest BCUT2D eigenvalue weighted by molar-refractivity contribution is 6.06. The van der Waals surface area contributed by atoms with Crippen LogP contribution >= 0.6 is 0 Å². The van der Waals surface area contributed by atoms with Gasteiger partial charge >= 0.3 is 0 Å². The molecule has 0 atom stereocenters. The van der Waals surface area contributed by atoms with Gasteiger partial charge in [0.05, 0.1) is 34.7 Å². The number of rotatable bonds is 7. The Morgan fingerprint density at radius 1 is 0.969 bits per heavy atom. The number of amides is 1. The van der Waals surface area contributed by atoms with Crippen molar-refractivity contribution >= 4 is 33.9 Å². The van der Waals surface area contributed by atoms with Crippen molar-refractivity contribution in [1.82, 2.24) is 9.47 Å². The highest BCUT2D eigenvalue weighted by atomic mass is 16.6. The molecule has 2 aromatic carbocycles. The molecular formula is C21H21N5O6. The number of nitro benzene ring substituents is 2. The molecule has 0 bridgehead atoms. The predicted octanol–water partition coefficient (Wildman–Crippen LogP) is 3.04. The van der Waals surface area contributed by atoms with Crippen LogP contribution in [0, 0.1) is 20.2 Å². The maximum Gasteiger partial charge on any atom is 0.277 e. The van der Waals surface area contributed by atoms with Crippen LogP contribution in [0.3, 0.4) is 0 Å². The van der Waals surface area contributed by atoms with Gasteiger partial charge in [-0.15, -0.1) is 0 Å². The lowest BCUT2D eigenvalue weighted by Gasteiger charge is -2.26. The predicted molar refractivity (Wildman–Crippen MR) is 117 cm³/mol. The molecule has 0 spiro atoms. The maximum absolute atomic E-state index is 12.6. The Labute approximate surface area is 182 Å². The average molecular weight is 439 g/mol. The zero-order valence-corrected chi connectivity index (χ0v) is 17.1. The van der Waals surface area contributed by atoms with E-state index in [1.165, 1.54) is 0 Å². The van der Waals surface area contributed by atoms with Crippen molar-refractivity contribution in [3.63, 3.8) is 0 Å². The SMILES string of the molecule is O=C(Nc1ccc2c(ccn2CCN2CCOCC2)c1)c1cc([N+](=O)[O-])cc([N+](=O)[O-])c1. The summed E-state index contributed by atoms with van der Waals surface area (Å²) >= 11 is 0. The Morgan fingerprint density at radius 3 is 2.31 bits per heavy atom. The lowest BCUT2D eigenvalue weighted by molar-refractivity contribution is -0.394. The number of carbonyl (C=O) groups is 1. The van der Waals surface area contributed by atoms with E-state index in [-0.39, 0.29) is 5.56 Å². The number of ether oxygens (including phenoxy) is 1. The molecule has 0 aliphatic carbocycles. The van der Waals surface area contributed by atoms with Crippen molar-refractivity contribution in [1.29, 1.82) is 0 Å². The molecule has 0 unspecified atom stereocenters. The van der Waals surface area contributed by atoms with Crippen LogP contribution < -0.4 is 5.32 Å². The van der Waals surface area contributed by atoms with E-state index in [1.807, 2.05) is 18.3 Å². The molecule has 11 heteroatoms. The van der Waals surface area contributed by atoms with Crippen molar-refractivity contribution in [2.45, 2.75) is 6.54 Å². The smallest absolute Gasteiger partial charge is 0.277 e. The molecular weight excluding hydrogens is 418 g/mol. The number of aromatic nitrogens is 1. The van der Waals surface area contributed by atoms with Gasteiger partial charge in [-0.05, 0) is 24.3 Å². The van der Waals surface area contributed by atoms with Gasteiger partial charge in [-0.2, -0.15) is 0 Å². The van der Waals surface area contributed by atoms with Crippen LogP contribution in [0.25, 0.3) is 10.9 Å². The van der Waals surface area contributed by atoms with Crippen molar-refractivity contribution in [3.8, 4) is 0 Å². The van der Waals surface area contributed by atoms with E-state index >= 15 is 0 Å². The lowest BCUT2D eigenvalue weighted by atomic mass is 10.1. The number of nitrogens with one attached hydrogen (secondary N) is 1. The zero-order valence-electron chi connectivity index (χ0n) is 17.1. The highest BCUT2D eigenvalue weighted by Crippen LogP contribution is 2.25. The second-order valence-electron chi connectivity index (χ2n) is 7.44. The Balaban J connectivity index is 1.49. The molecule has 11 nitrogen and oxygen atoms in total. The number of benzene rings is 2. The van der Waals surface area contributed by atoms with Crippen LogP contribution in [0.1, 0.15) is 10.4 Å². The van der Waals surface area contributed by atoms with Gasteiger partial charge in [-0.25, -0.2) is 0 Å². The molecule has 32 heavy (non-hydrogen) atoms. The highest BCUT2D eigenvalue weighted by Gasteiger charge is 2.20. The molecule has 0 saturated carbocycles. The summed E-state index contributed by atoms with van der Waals surface area (Å²) in [7, 11) is 0. The van der Waals surface area contributed by atoms with Gasteiger partial charge in [0.2, 0.25) is 0 Å². The topological polar surface area (TPSA) is 133 Å². The number of hydrogen-bond acceptors (Lipinski definition) is 7. The zero-order chi connectivity index (χ0) is 22.7. The van der Waals surface area contributed by atoms with E-state index in [0.29, 0.717) is 5.69 Å². The summed E-state index contributed by atoms with van der Waals surface area (Å²) in [6.45, 7) is 5.09. The number of nitrogens with zero attached hydrogens (tertiary/aromatic N) is 4. The third-order valence-electron chi connectivity index (χ3n) is 5.38. The number of non-ortho nitro benzene ring substituents is 2. The minimum absolute atomic E-state index is 0.158. The summed E-state index contributed by atoms with van der Waals surface area (Å²) in [5, 5.41) is 25.7. The standard InChI is InChI=1S/C21H21N5O6/c27-21(16-12-18(25(28)29)14-19(13-16)26(30)31)22-17-1-2-20-15(11-17)3-4-24(20)6-5-23-7-9-32-10-8-23/h1-4,11-14H,5-10H2,(H,22,27). The van der Waals surface area contributed by atoms with E-state index in [4.69, 9.17) is 4.74 Å². The average Bonchev–Trinajstić information content (AvgIpc) is 3.20. The number of hydrogen-bond donors (Lipinski definition) is 1. The second-order valence-corrected chi connectivity index (χ2v) is 7.44. The van der Waals surface area contributed by atoms with Gasteiger partial charge in [0.15, 0.2) is 0 Å². The van der Waals surface area contributed by atoms with Crippen molar-refractivity contribution in [2.75, 3.05) is 38.2 Å². The largest absolute Gasteiger partial charge is 0.379 e. The Morgan fingerprint density at radius 2 is 1.66 bits per heavy atom. The first-order chi connectivity index (χ1) is 15.4. The molecule has 1 aromatic heterocycles. The molecule has 4 rings (SSSR count). The van der Waals surface area contributed by atoms with Crippen LogP contribution in [0.15, 0.2) is 48.7 Å². The minimum atomic E-state index is -0.768. The van der Waals surface area contributed by atoms with Crippen LogP contribution in [-0.4, -0.2) is 58.1 Å². The second kappa shape index (κ2) is 9.12. The molecule has 1 N–H and O–H groups in total. The monoisotopic (exact) mass is 439 g/mol. The van der Waals surface area contributed by atoms with Crippen molar-refractivity contribution in [2.24, 2.45) is 0 Å². The van der Waals surface area contributed by atoms with Gasteiger partial charge in [-0.1, -0.05) is 0 Å². The molecule has 3 aromatic rings. The number of fused-ring (bicyclic) bond motifs is 1. The number of carbonyl (C=O) groups excluding carboxylic acids is 1. The number of morpholine rings is 1. The summed E-state index contributed by atoms with van der Waals surface area (Å²) in [5.41, 5.74) is 0.313. The van der Waals surface area contributed by atoms with Gasteiger partial charge in [0.25, 0.3) is 17.3 Å². The number of nitro groups is 2. The summed E-state index contributed by atoms with van der Waals surface area (Å²) in [6, 6.07) is 10.2. The summed E-state index contributed by atoms with van der Waals surface area (Å²) in [6.07, 6.45) is 1.99. The fourth-order valence-electron chi connectivity index (χ4n) is 3.69. The van der Waals surface area contributed by atoms with E-state index in [1.54, 1.807) is 12.1 Å². The van der Waals surface area contributed by atoms with Crippen LogP contribution in [0.2, 0.25) is 0 Å². The van der Waals surface area contributed by atoms with Crippen molar-refractivity contribution in [3.05, 3.63) is 74.5 Å². The van der Waals surface area contributed by atoms with Crippen molar-refractivity contribution < 1.29 is 19.4 Å². The van der Waals surface area contributed by atoms with Gasteiger partial charge < -0.3 is 14.6 Å². The Kier molecular flexibility index (Phi) is 6.10. The number of anilines is 1. The van der Waals surface area contributed by atoms with E-state index < -0.39 is 27.1 Å². The fraction of sp³-hybridized carbons (Fsp3) is 0.286. The Bertz CT molecular complexity index is 1150.